The Bertz CT molecular complexity index is 353. The van der Waals surface area contributed by atoms with E-state index >= 15 is 0 Å². The van der Waals surface area contributed by atoms with Crippen molar-refractivity contribution in [2.24, 2.45) is 0 Å². The zero-order valence-corrected chi connectivity index (χ0v) is 7.21. The van der Waals surface area contributed by atoms with Crippen LogP contribution in [0, 0.1) is 0 Å². The highest BCUT2D eigenvalue weighted by Crippen LogP contribution is 2.18. The van der Waals surface area contributed by atoms with Gasteiger partial charge in [-0.1, -0.05) is 0 Å². The van der Waals surface area contributed by atoms with Gasteiger partial charge in [0.05, 0.1) is 5.69 Å². The number of nitrogen functional groups attached to an aromatic ring is 1. The van der Waals surface area contributed by atoms with E-state index in [0.29, 0.717) is 5.92 Å². The molecule has 0 saturated carbocycles. The van der Waals surface area contributed by atoms with Crippen molar-refractivity contribution in [3.05, 3.63) is 22.1 Å². The van der Waals surface area contributed by atoms with Gasteiger partial charge in [0.1, 0.15) is 0 Å². The van der Waals surface area contributed by atoms with Gasteiger partial charge in [0, 0.05) is 18.5 Å². The lowest BCUT2D eigenvalue weighted by atomic mass is 10.1. The molecule has 1 aliphatic heterocycles. The molecule has 1 aromatic rings. The van der Waals surface area contributed by atoms with Gasteiger partial charge in [0.25, 0.3) is 5.56 Å². The fraction of sp³-hybridized carbons (Fsp3) is 0.500. The highest BCUT2D eigenvalue weighted by atomic mass is 16.1. The van der Waals surface area contributed by atoms with Gasteiger partial charge in [-0.2, -0.15) is 0 Å². The van der Waals surface area contributed by atoms with Crippen molar-refractivity contribution >= 4 is 5.95 Å². The molecule has 1 aliphatic rings. The van der Waals surface area contributed by atoms with Crippen molar-refractivity contribution in [2.75, 3.05) is 18.8 Å². The predicted molar refractivity (Wildman–Crippen MR) is 49.5 cm³/mol. The number of hydrogen-bond acceptors (Lipinski definition) is 4. The minimum atomic E-state index is -0.172. The number of H-pyrrole nitrogens is 1. The summed E-state index contributed by atoms with van der Waals surface area (Å²) in [6, 6.07) is 1.52. The molecular formula is C8H12N4O. The summed E-state index contributed by atoms with van der Waals surface area (Å²) in [4.78, 5) is 17.6. The maximum Gasteiger partial charge on any atom is 0.252 e. The monoisotopic (exact) mass is 180 g/mol. The molecule has 4 N–H and O–H groups in total. The van der Waals surface area contributed by atoms with Crippen molar-refractivity contribution in [1.82, 2.24) is 15.3 Å². The first-order valence-electron chi connectivity index (χ1n) is 4.33. The van der Waals surface area contributed by atoms with Gasteiger partial charge in [0.2, 0.25) is 5.95 Å². The molecule has 1 atom stereocenters. The molecule has 5 nitrogen and oxygen atoms in total. The molecule has 0 unspecified atom stereocenters. The van der Waals surface area contributed by atoms with Gasteiger partial charge in [-0.05, 0) is 13.0 Å². The van der Waals surface area contributed by atoms with E-state index in [1.807, 2.05) is 0 Å². The van der Waals surface area contributed by atoms with E-state index in [4.69, 9.17) is 5.73 Å². The molecule has 70 valence electrons. The summed E-state index contributed by atoms with van der Waals surface area (Å²) in [5, 5.41) is 3.22. The first kappa shape index (κ1) is 8.25. The first-order valence-corrected chi connectivity index (χ1v) is 4.33. The number of rotatable bonds is 1. The molecule has 1 aromatic heterocycles. The Labute approximate surface area is 75.4 Å². The topological polar surface area (TPSA) is 83.8 Å². The lowest BCUT2D eigenvalue weighted by Crippen LogP contribution is -2.15. The summed E-state index contributed by atoms with van der Waals surface area (Å²) in [5.74, 6) is 0.541. The summed E-state index contributed by atoms with van der Waals surface area (Å²) < 4.78 is 0. The number of nitrogens with zero attached hydrogens (tertiary/aromatic N) is 1. The Morgan fingerprint density at radius 2 is 2.46 bits per heavy atom. The molecule has 2 rings (SSSR count). The number of nitrogens with two attached hydrogens (primary N) is 1. The van der Waals surface area contributed by atoms with Gasteiger partial charge in [-0.25, -0.2) is 4.98 Å². The van der Waals surface area contributed by atoms with Crippen molar-refractivity contribution in [3.63, 3.8) is 0 Å². The summed E-state index contributed by atoms with van der Waals surface area (Å²) >= 11 is 0. The second kappa shape index (κ2) is 3.18. The molecular weight excluding hydrogens is 168 g/mol. The number of aromatic nitrogens is 2. The molecule has 0 spiro atoms. The molecule has 2 heterocycles. The quantitative estimate of drug-likeness (QED) is 0.540. The number of nitrogens with one attached hydrogen (secondary N) is 2. The van der Waals surface area contributed by atoms with E-state index in [1.54, 1.807) is 0 Å². The average Bonchev–Trinajstić information content (AvgIpc) is 2.53. The molecule has 1 saturated heterocycles. The number of aromatic amines is 1. The van der Waals surface area contributed by atoms with Gasteiger partial charge in [-0.3, -0.25) is 9.78 Å². The fourth-order valence-electron chi connectivity index (χ4n) is 1.61. The Morgan fingerprint density at radius 1 is 1.62 bits per heavy atom. The second-order valence-electron chi connectivity index (χ2n) is 3.25. The van der Waals surface area contributed by atoms with Crippen LogP contribution in [0.15, 0.2) is 10.9 Å². The van der Waals surface area contributed by atoms with Crippen molar-refractivity contribution in [1.29, 1.82) is 0 Å². The molecule has 0 radical (unpaired) electrons. The Balaban J connectivity index is 2.33. The molecule has 0 aromatic carbocycles. The number of hydrogen-bond donors (Lipinski definition) is 3. The van der Waals surface area contributed by atoms with E-state index in [1.165, 1.54) is 6.07 Å². The van der Waals surface area contributed by atoms with Crippen molar-refractivity contribution in [2.45, 2.75) is 12.3 Å². The maximum atomic E-state index is 11.1. The maximum absolute atomic E-state index is 11.1. The smallest absolute Gasteiger partial charge is 0.252 e. The van der Waals surface area contributed by atoms with Gasteiger partial charge in [-0.15, -0.1) is 0 Å². The van der Waals surface area contributed by atoms with Crippen LogP contribution in [0.3, 0.4) is 0 Å². The van der Waals surface area contributed by atoms with E-state index in [-0.39, 0.29) is 11.5 Å². The van der Waals surface area contributed by atoms with E-state index in [9.17, 15) is 4.79 Å². The third kappa shape index (κ3) is 1.70. The molecule has 13 heavy (non-hydrogen) atoms. The zero-order chi connectivity index (χ0) is 9.26. The van der Waals surface area contributed by atoms with Crippen molar-refractivity contribution in [3.8, 4) is 0 Å². The standard InChI is InChI=1S/C8H12N4O/c9-8-11-6(3-7(13)12-8)5-1-2-10-4-5/h3,5,10H,1-2,4H2,(H3,9,11,12,13)/t5-/m0/s1. The van der Waals surface area contributed by atoms with Crippen LogP contribution < -0.4 is 16.6 Å². The van der Waals surface area contributed by atoms with Crippen LogP contribution in [0.25, 0.3) is 0 Å². The van der Waals surface area contributed by atoms with Crippen LogP contribution >= 0.6 is 0 Å². The Hall–Kier alpha value is -1.36. The van der Waals surface area contributed by atoms with Crippen molar-refractivity contribution < 1.29 is 0 Å². The van der Waals surface area contributed by atoms with E-state index < -0.39 is 0 Å². The SMILES string of the molecule is Nc1nc([C@H]2CCNC2)cc(=O)[nH]1. The third-order valence-electron chi connectivity index (χ3n) is 2.26. The summed E-state index contributed by atoms with van der Waals surface area (Å²) in [6.07, 6.45) is 1.02. The van der Waals surface area contributed by atoms with Gasteiger partial charge < -0.3 is 11.1 Å². The lowest BCUT2D eigenvalue weighted by molar-refractivity contribution is 0.730. The predicted octanol–water partition coefficient (Wildman–Crippen LogP) is -0.571. The summed E-state index contributed by atoms with van der Waals surface area (Å²) in [7, 11) is 0. The first-order chi connectivity index (χ1) is 6.25. The highest BCUT2D eigenvalue weighted by molar-refractivity contribution is 5.20. The van der Waals surface area contributed by atoms with E-state index in [0.717, 1.165) is 25.2 Å². The summed E-state index contributed by atoms with van der Waals surface area (Å²) in [6.45, 7) is 1.87. The highest BCUT2D eigenvalue weighted by Gasteiger charge is 2.18. The van der Waals surface area contributed by atoms with Gasteiger partial charge in [0.15, 0.2) is 0 Å². The molecule has 5 heteroatoms. The van der Waals surface area contributed by atoms with Crippen LogP contribution in [0.2, 0.25) is 0 Å². The van der Waals surface area contributed by atoms with Crippen LogP contribution in [0.4, 0.5) is 5.95 Å². The van der Waals surface area contributed by atoms with Crippen LogP contribution in [0.1, 0.15) is 18.0 Å². The lowest BCUT2D eigenvalue weighted by Gasteiger charge is -2.06. The minimum absolute atomic E-state index is 0.172. The normalized spacial score (nSPS) is 22.0. The summed E-state index contributed by atoms with van der Waals surface area (Å²) in [5.41, 5.74) is 6.07. The Morgan fingerprint density at radius 3 is 3.08 bits per heavy atom. The van der Waals surface area contributed by atoms with Crippen LogP contribution in [-0.4, -0.2) is 23.1 Å². The molecule has 1 fully saturated rings. The largest absolute Gasteiger partial charge is 0.369 e. The Kier molecular flexibility index (Phi) is 2.02. The van der Waals surface area contributed by atoms with Gasteiger partial charge >= 0.3 is 0 Å². The van der Waals surface area contributed by atoms with E-state index in [2.05, 4.69) is 15.3 Å². The average molecular weight is 180 g/mol. The van der Waals surface area contributed by atoms with Crippen LogP contribution in [-0.2, 0) is 0 Å². The number of anilines is 1. The molecule has 0 bridgehead atoms. The van der Waals surface area contributed by atoms with Crippen LogP contribution in [0.5, 0.6) is 0 Å². The zero-order valence-electron chi connectivity index (χ0n) is 7.21. The second-order valence-corrected chi connectivity index (χ2v) is 3.25. The molecule has 0 amide bonds. The molecule has 0 aliphatic carbocycles. The minimum Gasteiger partial charge on any atom is -0.369 e. The fourth-order valence-corrected chi connectivity index (χ4v) is 1.61. The third-order valence-corrected chi connectivity index (χ3v) is 2.26.